The molecule has 1 fully saturated rings. The van der Waals surface area contributed by atoms with Crippen molar-refractivity contribution in [1.29, 1.82) is 0 Å². The third-order valence-electron chi connectivity index (χ3n) is 3.49. The number of anilines is 1. The first kappa shape index (κ1) is 11.9. The molecule has 3 N–H and O–H groups in total. The number of hydrogen-bond donors (Lipinski definition) is 2. The molecule has 1 aromatic rings. The third-order valence-corrected chi connectivity index (χ3v) is 3.49. The number of halogens is 1. The SMILES string of the molecule is CC1(CNC(=O)c2ccc(F)cc2N)CCC1. The molecule has 0 aliphatic heterocycles. The van der Waals surface area contributed by atoms with Crippen LogP contribution in [-0.2, 0) is 0 Å². The third kappa shape index (κ3) is 2.57. The number of amides is 1. The zero-order chi connectivity index (χ0) is 12.5. The number of carbonyl (C=O) groups excluding carboxylic acids is 1. The maximum Gasteiger partial charge on any atom is 0.253 e. The van der Waals surface area contributed by atoms with Gasteiger partial charge in [0, 0.05) is 12.2 Å². The van der Waals surface area contributed by atoms with Crippen LogP contribution in [0, 0.1) is 11.2 Å². The molecule has 17 heavy (non-hydrogen) atoms. The van der Waals surface area contributed by atoms with Crippen LogP contribution in [0.3, 0.4) is 0 Å². The zero-order valence-electron chi connectivity index (χ0n) is 9.92. The van der Waals surface area contributed by atoms with Crippen molar-refractivity contribution < 1.29 is 9.18 Å². The summed E-state index contributed by atoms with van der Waals surface area (Å²) < 4.78 is 12.8. The predicted molar refractivity (Wildman–Crippen MR) is 65.1 cm³/mol. The largest absolute Gasteiger partial charge is 0.398 e. The molecule has 0 atom stereocenters. The second-order valence-corrected chi connectivity index (χ2v) is 5.08. The Morgan fingerprint density at radius 3 is 2.76 bits per heavy atom. The van der Waals surface area contributed by atoms with Gasteiger partial charge in [-0.1, -0.05) is 13.3 Å². The van der Waals surface area contributed by atoms with E-state index in [0.29, 0.717) is 12.1 Å². The quantitative estimate of drug-likeness (QED) is 0.791. The molecule has 0 saturated heterocycles. The van der Waals surface area contributed by atoms with E-state index in [1.807, 2.05) is 0 Å². The maximum absolute atomic E-state index is 12.8. The van der Waals surface area contributed by atoms with Gasteiger partial charge in [0.2, 0.25) is 0 Å². The van der Waals surface area contributed by atoms with Crippen molar-refractivity contribution in [3.8, 4) is 0 Å². The van der Waals surface area contributed by atoms with Crippen molar-refractivity contribution in [1.82, 2.24) is 5.32 Å². The van der Waals surface area contributed by atoms with Crippen molar-refractivity contribution in [2.75, 3.05) is 12.3 Å². The molecule has 4 heteroatoms. The molecule has 1 aliphatic rings. The average Bonchev–Trinajstić information content (AvgIpc) is 2.23. The number of carbonyl (C=O) groups is 1. The molecule has 1 amide bonds. The predicted octanol–water partition coefficient (Wildman–Crippen LogP) is 2.33. The van der Waals surface area contributed by atoms with Gasteiger partial charge in [-0.05, 0) is 36.5 Å². The lowest BCUT2D eigenvalue weighted by Crippen LogP contribution is -2.40. The second-order valence-electron chi connectivity index (χ2n) is 5.08. The van der Waals surface area contributed by atoms with Crippen LogP contribution in [-0.4, -0.2) is 12.5 Å². The van der Waals surface area contributed by atoms with Gasteiger partial charge in [-0.25, -0.2) is 4.39 Å². The van der Waals surface area contributed by atoms with E-state index in [0.717, 1.165) is 12.8 Å². The van der Waals surface area contributed by atoms with Crippen molar-refractivity contribution >= 4 is 11.6 Å². The van der Waals surface area contributed by atoms with Gasteiger partial charge in [-0.15, -0.1) is 0 Å². The Kier molecular flexibility index (Phi) is 3.05. The van der Waals surface area contributed by atoms with Gasteiger partial charge in [0.25, 0.3) is 5.91 Å². The van der Waals surface area contributed by atoms with E-state index in [1.54, 1.807) is 0 Å². The van der Waals surface area contributed by atoms with Crippen LogP contribution in [0.1, 0.15) is 36.5 Å². The summed E-state index contributed by atoms with van der Waals surface area (Å²) in [6.45, 7) is 2.81. The number of nitrogens with one attached hydrogen (secondary N) is 1. The minimum Gasteiger partial charge on any atom is -0.398 e. The van der Waals surface area contributed by atoms with E-state index >= 15 is 0 Å². The molecule has 0 bridgehead atoms. The normalized spacial score (nSPS) is 17.3. The van der Waals surface area contributed by atoms with Gasteiger partial charge >= 0.3 is 0 Å². The van der Waals surface area contributed by atoms with Crippen molar-refractivity contribution in [3.05, 3.63) is 29.6 Å². The summed E-state index contributed by atoms with van der Waals surface area (Å²) in [5, 5.41) is 2.86. The zero-order valence-corrected chi connectivity index (χ0v) is 9.92. The fourth-order valence-corrected chi connectivity index (χ4v) is 2.09. The van der Waals surface area contributed by atoms with Gasteiger partial charge in [0.05, 0.1) is 5.56 Å². The van der Waals surface area contributed by atoms with Crippen LogP contribution in [0.4, 0.5) is 10.1 Å². The number of benzene rings is 1. The molecule has 1 aromatic carbocycles. The Balaban J connectivity index is 1.99. The van der Waals surface area contributed by atoms with E-state index in [4.69, 9.17) is 5.73 Å². The van der Waals surface area contributed by atoms with Gasteiger partial charge in [-0.2, -0.15) is 0 Å². The summed E-state index contributed by atoms with van der Waals surface area (Å²) in [5.41, 5.74) is 6.36. The molecule has 1 saturated carbocycles. The smallest absolute Gasteiger partial charge is 0.253 e. The Morgan fingerprint density at radius 1 is 1.53 bits per heavy atom. The van der Waals surface area contributed by atoms with Crippen molar-refractivity contribution in [2.45, 2.75) is 26.2 Å². The minimum absolute atomic E-state index is 0.182. The van der Waals surface area contributed by atoms with E-state index in [2.05, 4.69) is 12.2 Å². The van der Waals surface area contributed by atoms with Crippen LogP contribution in [0.2, 0.25) is 0 Å². The summed E-state index contributed by atoms with van der Waals surface area (Å²) in [7, 11) is 0. The maximum atomic E-state index is 12.8. The second kappa shape index (κ2) is 4.35. The summed E-state index contributed by atoms with van der Waals surface area (Å²) in [5.74, 6) is -0.652. The lowest BCUT2D eigenvalue weighted by atomic mass is 9.70. The van der Waals surface area contributed by atoms with Crippen LogP contribution < -0.4 is 11.1 Å². The number of nitrogens with two attached hydrogens (primary N) is 1. The van der Waals surface area contributed by atoms with Crippen LogP contribution in [0.15, 0.2) is 18.2 Å². The molecule has 0 radical (unpaired) electrons. The highest BCUT2D eigenvalue weighted by Crippen LogP contribution is 2.39. The van der Waals surface area contributed by atoms with Crippen molar-refractivity contribution in [2.24, 2.45) is 5.41 Å². The summed E-state index contributed by atoms with van der Waals surface area (Å²) >= 11 is 0. The van der Waals surface area contributed by atoms with Gasteiger partial charge in [0.15, 0.2) is 0 Å². The lowest BCUT2D eigenvalue weighted by molar-refractivity contribution is 0.0891. The molecular formula is C13H17FN2O. The molecular weight excluding hydrogens is 219 g/mol. The Bertz CT molecular complexity index is 441. The monoisotopic (exact) mass is 236 g/mol. The number of hydrogen-bond acceptors (Lipinski definition) is 2. The van der Waals surface area contributed by atoms with Crippen LogP contribution in [0.5, 0.6) is 0 Å². The summed E-state index contributed by atoms with van der Waals surface area (Å²) in [6, 6.07) is 3.83. The van der Waals surface area contributed by atoms with E-state index in [-0.39, 0.29) is 17.0 Å². The van der Waals surface area contributed by atoms with E-state index in [1.165, 1.54) is 24.6 Å². The molecule has 92 valence electrons. The molecule has 2 rings (SSSR count). The fourth-order valence-electron chi connectivity index (χ4n) is 2.09. The minimum atomic E-state index is -0.426. The molecule has 0 heterocycles. The lowest BCUT2D eigenvalue weighted by Gasteiger charge is -2.38. The Hall–Kier alpha value is -1.58. The first-order chi connectivity index (χ1) is 8.00. The molecule has 1 aliphatic carbocycles. The first-order valence-corrected chi connectivity index (χ1v) is 5.83. The molecule has 0 unspecified atom stereocenters. The Labute approximate surface area is 100 Å². The van der Waals surface area contributed by atoms with Gasteiger partial charge < -0.3 is 11.1 Å². The van der Waals surface area contributed by atoms with Crippen molar-refractivity contribution in [3.63, 3.8) is 0 Å². The topological polar surface area (TPSA) is 55.1 Å². The molecule has 0 spiro atoms. The summed E-state index contributed by atoms with van der Waals surface area (Å²) in [4.78, 5) is 11.8. The van der Waals surface area contributed by atoms with Crippen LogP contribution in [0.25, 0.3) is 0 Å². The highest BCUT2D eigenvalue weighted by atomic mass is 19.1. The molecule has 0 aromatic heterocycles. The number of rotatable bonds is 3. The Morgan fingerprint density at radius 2 is 2.24 bits per heavy atom. The van der Waals surface area contributed by atoms with Crippen LogP contribution >= 0.6 is 0 Å². The van der Waals surface area contributed by atoms with Gasteiger partial charge in [-0.3, -0.25) is 4.79 Å². The standard InChI is InChI=1S/C13H17FN2O/c1-13(5-2-6-13)8-16-12(17)10-4-3-9(14)7-11(10)15/h3-4,7H,2,5-6,8,15H2,1H3,(H,16,17). The first-order valence-electron chi connectivity index (χ1n) is 5.83. The highest BCUT2D eigenvalue weighted by Gasteiger charge is 2.32. The highest BCUT2D eigenvalue weighted by molar-refractivity contribution is 5.99. The molecule has 3 nitrogen and oxygen atoms in total. The fraction of sp³-hybridized carbons (Fsp3) is 0.462. The number of nitrogen functional groups attached to an aromatic ring is 1. The van der Waals surface area contributed by atoms with E-state index in [9.17, 15) is 9.18 Å². The average molecular weight is 236 g/mol. The van der Waals surface area contributed by atoms with Gasteiger partial charge in [0.1, 0.15) is 5.82 Å². The van der Waals surface area contributed by atoms with E-state index < -0.39 is 5.82 Å². The summed E-state index contributed by atoms with van der Waals surface area (Å²) in [6.07, 6.45) is 3.52.